The lowest BCUT2D eigenvalue weighted by molar-refractivity contribution is 0.431. The van der Waals surface area contributed by atoms with Gasteiger partial charge in [-0.05, 0) is 101 Å². The van der Waals surface area contributed by atoms with Crippen molar-refractivity contribution in [3.05, 3.63) is 61.1 Å². The molecule has 1 aromatic carbocycles. The summed E-state index contributed by atoms with van der Waals surface area (Å²) in [5.41, 5.74) is 8.20. The maximum absolute atomic E-state index is 7.19. The van der Waals surface area contributed by atoms with Gasteiger partial charge in [0.15, 0.2) is 0 Å². The summed E-state index contributed by atoms with van der Waals surface area (Å²) in [5, 5.41) is 1.24. The number of hydrogen-bond donors (Lipinski definition) is 0. The van der Waals surface area contributed by atoms with Crippen LogP contribution in [0.5, 0.6) is 0 Å². The molecule has 32 heavy (non-hydrogen) atoms. The quantitative estimate of drug-likeness (QED) is 0.306. The molecular formula is C26H30Br2N4. The molecule has 168 valence electrons. The molecule has 1 fully saturated rings. The molecule has 4 nitrogen and oxygen atoms in total. The molecule has 0 unspecified atom stereocenters. The first-order valence-electron chi connectivity index (χ1n) is 11.3. The Morgan fingerprint density at radius 3 is 2.28 bits per heavy atom. The van der Waals surface area contributed by atoms with E-state index in [9.17, 15) is 0 Å². The minimum atomic E-state index is 0.457. The minimum Gasteiger partial charge on any atom is -0.371 e. The Bertz CT molecular complexity index is 1190. The molecule has 0 bridgehead atoms. The fourth-order valence-corrected chi connectivity index (χ4v) is 6.39. The monoisotopic (exact) mass is 556 g/mol. The molecule has 0 saturated carbocycles. The van der Waals surface area contributed by atoms with Crippen molar-refractivity contribution in [2.24, 2.45) is 5.92 Å². The summed E-state index contributed by atoms with van der Waals surface area (Å²) < 4.78 is 4.44. The fraction of sp³-hybridized carbons (Fsp3) is 0.462. The Morgan fingerprint density at radius 1 is 1.09 bits per heavy atom. The largest absolute Gasteiger partial charge is 0.371 e. The van der Waals surface area contributed by atoms with E-state index in [2.05, 4.69) is 99.0 Å². The van der Waals surface area contributed by atoms with Gasteiger partial charge in [0, 0.05) is 50.4 Å². The van der Waals surface area contributed by atoms with Gasteiger partial charge in [0.2, 0.25) is 6.54 Å². The maximum atomic E-state index is 7.19. The molecule has 4 rings (SSSR count). The molecule has 0 radical (unpaired) electrons. The smallest absolute Gasteiger partial charge is 0.217 e. The summed E-state index contributed by atoms with van der Waals surface area (Å²) in [6.07, 6.45) is 2.16. The molecule has 3 heterocycles. The Balaban J connectivity index is 1.88. The Morgan fingerprint density at radius 2 is 1.72 bits per heavy atom. The van der Waals surface area contributed by atoms with Crippen LogP contribution in [-0.2, 0) is 0 Å². The molecule has 0 aliphatic carbocycles. The number of nitrogens with zero attached hydrogens (tertiary/aromatic N) is 4. The van der Waals surface area contributed by atoms with Crippen molar-refractivity contribution in [3.63, 3.8) is 0 Å². The van der Waals surface area contributed by atoms with Crippen LogP contribution in [-0.4, -0.2) is 29.2 Å². The zero-order valence-electron chi connectivity index (χ0n) is 19.5. The number of fused-ring (bicyclic) bond motifs is 1. The van der Waals surface area contributed by atoms with Gasteiger partial charge in [-0.25, -0.2) is 11.6 Å². The highest BCUT2D eigenvalue weighted by atomic mass is 79.9. The number of pyridine rings is 1. The van der Waals surface area contributed by atoms with E-state index < -0.39 is 0 Å². The summed E-state index contributed by atoms with van der Waals surface area (Å²) in [6, 6.07) is 6.69. The van der Waals surface area contributed by atoms with E-state index in [0.717, 1.165) is 51.9 Å². The predicted octanol–water partition coefficient (Wildman–Crippen LogP) is 7.73. The maximum Gasteiger partial charge on any atom is 0.217 e. The van der Waals surface area contributed by atoms with Crippen molar-refractivity contribution in [1.82, 2.24) is 9.55 Å². The van der Waals surface area contributed by atoms with Crippen LogP contribution in [0.4, 0.5) is 5.69 Å². The van der Waals surface area contributed by atoms with Gasteiger partial charge < -0.3 is 9.74 Å². The number of rotatable bonds is 4. The highest BCUT2D eigenvalue weighted by Crippen LogP contribution is 2.41. The van der Waals surface area contributed by atoms with Crippen LogP contribution >= 0.6 is 31.9 Å². The summed E-state index contributed by atoms with van der Waals surface area (Å²) in [7, 11) is 0. The highest BCUT2D eigenvalue weighted by molar-refractivity contribution is 9.11. The standard InChI is InChI=1S/C26H30Br2N4/c1-15(2)20-12-21(27)25(22(28)13-20)32-18(5)17(4)24-23(11-16(3)30-26(24)32)31-9-7-19(8-10-31)14-29-6/h11-13,15,19H,7-10,14H2,1-5H3. The molecule has 0 N–H and O–H groups in total. The van der Waals surface area contributed by atoms with E-state index in [4.69, 9.17) is 11.6 Å². The van der Waals surface area contributed by atoms with Gasteiger partial charge in [0.1, 0.15) is 5.65 Å². The van der Waals surface area contributed by atoms with E-state index in [1.807, 2.05) is 0 Å². The van der Waals surface area contributed by atoms with Gasteiger partial charge in [-0.15, -0.1) is 0 Å². The van der Waals surface area contributed by atoms with Gasteiger partial charge >= 0.3 is 0 Å². The number of benzene rings is 1. The first-order chi connectivity index (χ1) is 15.2. The van der Waals surface area contributed by atoms with Crippen LogP contribution in [0.3, 0.4) is 0 Å². The van der Waals surface area contributed by atoms with Crippen molar-refractivity contribution in [3.8, 4) is 5.69 Å². The van der Waals surface area contributed by atoms with Crippen LogP contribution in [0.25, 0.3) is 21.6 Å². The third kappa shape index (κ3) is 4.10. The summed E-state index contributed by atoms with van der Waals surface area (Å²) in [5.74, 6) is 0.986. The average Bonchev–Trinajstić information content (AvgIpc) is 2.98. The number of halogens is 2. The van der Waals surface area contributed by atoms with E-state index in [-0.39, 0.29) is 0 Å². The van der Waals surface area contributed by atoms with Gasteiger partial charge in [-0.1, -0.05) is 13.8 Å². The second-order valence-corrected chi connectivity index (χ2v) is 11.0. The van der Waals surface area contributed by atoms with Gasteiger partial charge in [0.05, 0.1) is 5.69 Å². The van der Waals surface area contributed by atoms with Crippen LogP contribution in [0.2, 0.25) is 0 Å². The van der Waals surface area contributed by atoms with Crippen molar-refractivity contribution in [2.45, 2.75) is 53.4 Å². The second kappa shape index (κ2) is 9.19. The van der Waals surface area contributed by atoms with E-state index in [0.29, 0.717) is 18.4 Å². The predicted molar refractivity (Wildman–Crippen MR) is 141 cm³/mol. The first-order valence-corrected chi connectivity index (χ1v) is 12.9. The van der Waals surface area contributed by atoms with Crippen molar-refractivity contribution >= 4 is 48.6 Å². The third-order valence-electron chi connectivity index (χ3n) is 6.81. The number of hydrogen-bond acceptors (Lipinski definition) is 2. The molecular weight excluding hydrogens is 528 g/mol. The molecule has 1 aliphatic rings. The molecule has 0 spiro atoms. The fourth-order valence-electron chi connectivity index (χ4n) is 4.81. The van der Waals surface area contributed by atoms with Crippen LogP contribution in [0, 0.1) is 33.3 Å². The zero-order valence-corrected chi connectivity index (χ0v) is 22.6. The van der Waals surface area contributed by atoms with Gasteiger partial charge in [-0.2, -0.15) is 0 Å². The first kappa shape index (κ1) is 23.3. The topological polar surface area (TPSA) is 25.4 Å². The summed E-state index contributed by atoms with van der Waals surface area (Å²) >= 11 is 7.71. The lowest BCUT2D eigenvalue weighted by Crippen LogP contribution is -2.34. The highest BCUT2D eigenvalue weighted by Gasteiger charge is 2.26. The summed E-state index contributed by atoms with van der Waals surface area (Å²) in [4.78, 5) is 11.2. The van der Waals surface area contributed by atoms with E-state index in [1.165, 1.54) is 27.9 Å². The van der Waals surface area contributed by atoms with Gasteiger partial charge in [0.25, 0.3) is 0 Å². The second-order valence-electron chi connectivity index (χ2n) is 9.29. The number of aryl methyl sites for hydroxylation is 2. The molecule has 0 atom stereocenters. The van der Waals surface area contributed by atoms with Crippen LogP contribution in [0.1, 0.15) is 55.1 Å². The lowest BCUT2D eigenvalue weighted by Gasteiger charge is -2.32. The zero-order chi connectivity index (χ0) is 23.2. The van der Waals surface area contributed by atoms with Crippen LogP contribution < -0.4 is 4.90 Å². The van der Waals surface area contributed by atoms with Gasteiger partial charge in [-0.3, -0.25) is 4.57 Å². The molecule has 1 aliphatic heterocycles. The lowest BCUT2D eigenvalue weighted by atomic mass is 9.96. The third-order valence-corrected chi connectivity index (χ3v) is 8.02. The normalized spacial score (nSPS) is 15.0. The molecule has 0 amide bonds. The molecule has 3 aromatic rings. The van der Waals surface area contributed by atoms with E-state index in [1.54, 1.807) is 0 Å². The average molecular weight is 558 g/mol. The van der Waals surface area contributed by atoms with E-state index >= 15 is 0 Å². The van der Waals surface area contributed by atoms with Crippen LogP contribution in [0.15, 0.2) is 27.1 Å². The minimum absolute atomic E-state index is 0.457. The SMILES string of the molecule is [C-]#[N+]CC1CCN(c2cc(C)nc3c2c(C)c(C)n3-c2c(Br)cc(C(C)C)cc2Br)CC1. The number of anilines is 1. The molecule has 1 saturated heterocycles. The van der Waals surface area contributed by atoms with Crippen molar-refractivity contribution in [2.75, 3.05) is 24.5 Å². The Hall–Kier alpha value is -1.84. The molecule has 2 aromatic heterocycles. The van der Waals surface area contributed by atoms with Crippen molar-refractivity contribution < 1.29 is 0 Å². The Kier molecular flexibility index (Phi) is 6.70. The number of piperidine rings is 1. The Labute approximate surface area is 208 Å². The number of aromatic nitrogens is 2. The summed E-state index contributed by atoms with van der Waals surface area (Å²) in [6.45, 7) is 20.8. The van der Waals surface area contributed by atoms with Crippen molar-refractivity contribution in [1.29, 1.82) is 0 Å². The molecule has 6 heteroatoms.